The van der Waals surface area contributed by atoms with Gasteiger partial charge in [0, 0.05) is 48.0 Å². The summed E-state index contributed by atoms with van der Waals surface area (Å²) in [6, 6.07) is 17.1. The normalized spacial score (nSPS) is 12.2. The van der Waals surface area contributed by atoms with Crippen LogP contribution in [0.25, 0.3) is 0 Å². The van der Waals surface area contributed by atoms with Crippen molar-refractivity contribution in [2.75, 3.05) is 10.6 Å². The second kappa shape index (κ2) is 15.7. The number of aryl methyl sites for hydroxylation is 2. The fourth-order valence-corrected chi connectivity index (χ4v) is 7.17. The molecule has 0 radical (unpaired) electrons. The quantitative estimate of drug-likeness (QED) is 0.0679. The van der Waals surface area contributed by atoms with Gasteiger partial charge in [0.15, 0.2) is 0 Å². The second-order valence-electron chi connectivity index (χ2n) is 11.7. The smallest absolute Gasteiger partial charge is 0.288 e. The van der Waals surface area contributed by atoms with E-state index in [1.807, 2.05) is 13.8 Å². The minimum absolute atomic E-state index is 0.0521. The summed E-state index contributed by atoms with van der Waals surface area (Å²) < 4.78 is 0. The highest BCUT2D eigenvalue weighted by molar-refractivity contribution is 7.99. The number of anilines is 2. The molecule has 0 bridgehead atoms. The number of aromatic hydroxyl groups is 2. The lowest BCUT2D eigenvalue weighted by atomic mass is 9.96. The molecule has 2 aromatic heterocycles. The van der Waals surface area contributed by atoms with E-state index in [1.54, 1.807) is 48.5 Å². The van der Waals surface area contributed by atoms with Gasteiger partial charge in [-0.05, 0) is 84.6 Å². The van der Waals surface area contributed by atoms with Crippen molar-refractivity contribution in [3.63, 3.8) is 0 Å². The summed E-state index contributed by atoms with van der Waals surface area (Å²) in [7, 11) is 0. The highest BCUT2D eigenvalue weighted by atomic mass is 35.5. The maximum absolute atomic E-state index is 11.9. The Morgan fingerprint density at radius 1 is 0.642 bits per heavy atom. The first-order valence-corrected chi connectivity index (χ1v) is 17.3. The van der Waals surface area contributed by atoms with Crippen molar-refractivity contribution in [2.45, 2.75) is 35.7 Å². The highest BCUT2D eigenvalue weighted by Gasteiger charge is 2.28. The number of nitrogens with zero attached hydrogens (tertiary/aromatic N) is 6. The average molecular weight is 772 g/mol. The van der Waals surface area contributed by atoms with Crippen LogP contribution < -0.4 is 10.6 Å². The molecular weight excluding hydrogens is 743 g/mol. The van der Waals surface area contributed by atoms with Gasteiger partial charge in [0.05, 0.1) is 31.7 Å². The van der Waals surface area contributed by atoms with Crippen LogP contribution in [0.3, 0.4) is 0 Å². The van der Waals surface area contributed by atoms with E-state index < -0.39 is 21.9 Å². The standard InChI is InChI=1S/C36H28Cl2N8O6S/c1-19-13-23(31(43-35-39-9-3-10-40-35)21-5-7-25(37)27(17-21)45(49)50)33(47)29(15-19)53-30-16-20(2)14-24(34(30)48)32(44-36-41-11-4-12-42-36)22-6-8-26(38)28(18-22)46(51)52/h3-18,31-32,47-48H,1-2H3,(H,39,40,43)(H,41,42,44). The number of rotatable bonds is 12. The molecule has 4 N–H and O–H groups in total. The van der Waals surface area contributed by atoms with Crippen LogP contribution in [-0.2, 0) is 0 Å². The van der Waals surface area contributed by atoms with Crippen LogP contribution >= 0.6 is 35.0 Å². The van der Waals surface area contributed by atoms with Crippen LogP contribution in [0.2, 0.25) is 10.0 Å². The Balaban J connectivity index is 1.46. The molecule has 0 aliphatic rings. The predicted molar refractivity (Wildman–Crippen MR) is 201 cm³/mol. The molecule has 0 aliphatic carbocycles. The van der Waals surface area contributed by atoms with E-state index in [0.717, 1.165) is 22.9 Å². The Labute approximate surface area is 316 Å². The number of benzene rings is 4. The van der Waals surface area contributed by atoms with E-state index in [1.165, 1.54) is 49.1 Å². The molecule has 2 heterocycles. The Bertz CT molecular complexity index is 2180. The molecule has 268 valence electrons. The zero-order valence-corrected chi connectivity index (χ0v) is 30.1. The zero-order valence-electron chi connectivity index (χ0n) is 27.8. The van der Waals surface area contributed by atoms with Gasteiger partial charge in [0.1, 0.15) is 21.5 Å². The van der Waals surface area contributed by atoms with Gasteiger partial charge in [-0.1, -0.05) is 47.1 Å². The Hall–Kier alpha value is -6.03. The van der Waals surface area contributed by atoms with Crippen molar-refractivity contribution in [3.8, 4) is 11.5 Å². The first-order valence-electron chi connectivity index (χ1n) is 15.7. The van der Waals surface area contributed by atoms with Crippen LogP contribution in [0.1, 0.15) is 45.5 Å². The summed E-state index contributed by atoms with van der Waals surface area (Å²) in [5.74, 6) is 0.0636. The number of phenolic OH excluding ortho intramolecular Hbond substituents is 2. The van der Waals surface area contributed by atoms with Crippen molar-refractivity contribution in [1.82, 2.24) is 19.9 Å². The van der Waals surface area contributed by atoms with Crippen molar-refractivity contribution < 1.29 is 20.1 Å². The third kappa shape index (κ3) is 8.22. The van der Waals surface area contributed by atoms with Gasteiger partial charge < -0.3 is 20.8 Å². The third-order valence-electron chi connectivity index (χ3n) is 8.02. The van der Waals surface area contributed by atoms with Gasteiger partial charge >= 0.3 is 0 Å². The van der Waals surface area contributed by atoms with Gasteiger partial charge in [-0.3, -0.25) is 20.2 Å². The lowest BCUT2D eigenvalue weighted by molar-refractivity contribution is -0.384. The molecule has 6 rings (SSSR count). The number of nitro benzene ring substituents is 2. The van der Waals surface area contributed by atoms with Crippen molar-refractivity contribution in [1.29, 1.82) is 0 Å². The van der Waals surface area contributed by atoms with E-state index in [2.05, 4.69) is 30.6 Å². The Morgan fingerprint density at radius 2 is 1.02 bits per heavy atom. The predicted octanol–water partition coefficient (Wildman–Crippen LogP) is 8.97. The number of phenols is 2. The lowest BCUT2D eigenvalue weighted by Gasteiger charge is -2.24. The topological polar surface area (TPSA) is 202 Å². The Kier molecular flexibility index (Phi) is 10.9. The molecule has 0 aliphatic heterocycles. The monoisotopic (exact) mass is 770 g/mol. The molecule has 2 unspecified atom stereocenters. The molecule has 53 heavy (non-hydrogen) atoms. The summed E-state index contributed by atoms with van der Waals surface area (Å²) in [4.78, 5) is 40.1. The van der Waals surface area contributed by atoms with E-state index in [4.69, 9.17) is 23.2 Å². The van der Waals surface area contributed by atoms with Crippen molar-refractivity contribution >= 4 is 58.2 Å². The fourth-order valence-electron chi connectivity index (χ4n) is 5.64. The molecule has 0 spiro atoms. The van der Waals surface area contributed by atoms with E-state index in [0.29, 0.717) is 32.0 Å². The van der Waals surface area contributed by atoms with Crippen molar-refractivity contribution in [3.05, 3.63) is 161 Å². The van der Waals surface area contributed by atoms with Crippen LogP contribution in [0.15, 0.2) is 107 Å². The first-order chi connectivity index (χ1) is 25.4. The molecule has 14 nitrogen and oxygen atoms in total. The Morgan fingerprint density at radius 3 is 1.38 bits per heavy atom. The average Bonchev–Trinajstić information content (AvgIpc) is 3.13. The van der Waals surface area contributed by atoms with Gasteiger partial charge in [0.25, 0.3) is 11.4 Å². The maximum atomic E-state index is 11.9. The summed E-state index contributed by atoms with van der Waals surface area (Å²) in [5.41, 5.74) is 2.31. The number of nitrogens with one attached hydrogen (secondary N) is 2. The summed E-state index contributed by atoms with van der Waals surface area (Å²) >= 11 is 13.4. The van der Waals surface area contributed by atoms with Gasteiger partial charge in [-0.2, -0.15) is 0 Å². The molecule has 2 atom stereocenters. The summed E-state index contributed by atoms with van der Waals surface area (Å²) in [6.45, 7) is 3.64. The maximum Gasteiger partial charge on any atom is 0.288 e. The number of halogens is 2. The number of hydrogen-bond donors (Lipinski definition) is 4. The molecule has 0 saturated heterocycles. The lowest BCUT2D eigenvalue weighted by Crippen LogP contribution is -2.15. The molecule has 0 fully saturated rings. The van der Waals surface area contributed by atoms with Gasteiger partial charge in [0.2, 0.25) is 11.9 Å². The van der Waals surface area contributed by atoms with Crippen LogP contribution in [0.4, 0.5) is 23.3 Å². The number of aromatic nitrogens is 4. The number of nitro groups is 2. The second-order valence-corrected chi connectivity index (χ2v) is 13.6. The minimum atomic E-state index is -0.880. The molecule has 0 saturated carbocycles. The summed E-state index contributed by atoms with van der Waals surface area (Å²) in [5, 5.41) is 53.6. The third-order valence-corrected chi connectivity index (χ3v) is 9.72. The highest BCUT2D eigenvalue weighted by Crippen LogP contribution is 2.47. The van der Waals surface area contributed by atoms with E-state index >= 15 is 0 Å². The van der Waals surface area contributed by atoms with Crippen LogP contribution in [-0.4, -0.2) is 40.0 Å². The number of hydrogen-bond acceptors (Lipinski definition) is 13. The molecular formula is C36H28Cl2N8O6S. The molecule has 17 heteroatoms. The van der Waals surface area contributed by atoms with E-state index in [-0.39, 0.29) is 44.8 Å². The van der Waals surface area contributed by atoms with Crippen molar-refractivity contribution in [2.24, 2.45) is 0 Å². The molecule has 4 aromatic carbocycles. The van der Waals surface area contributed by atoms with E-state index in [9.17, 15) is 30.4 Å². The largest absolute Gasteiger partial charge is 0.506 e. The molecule has 6 aromatic rings. The van der Waals surface area contributed by atoms with Gasteiger partial charge in [-0.25, -0.2) is 19.9 Å². The zero-order chi connectivity index (χ0) is 37.8. The van der Waals surface area contributed by atoms with Crippen LogP contribution in [0, 0.1) is 34.1 Å². The molecule has 0 amide bonds. The first kappa shape index (κ1) is 36.8. The minimum Gasteiger partial charge on any atom is -0.506 e. The SMILES string of the molecule is Cc1cc(Sc2cc(C)cc(C(Nc3ncccn3)c3ccc(Cl)c([N+](=O)[O-])c3)c2O)c(O)c(C(Nc2ncccn2)c2ccc(Cl)c([N+](=O)[O-])c2)c1. The van der Waals surface area contributed by atoms with Gasteiger partial charge in [-0.15, -0.1) is 0 Å². The fraction of sp³-hybridized carbons (Fsp3) is 0.111. The summed E-state index contributed by atoms with van der Waals surface area (Å²) in [6.07, 6.45) is 6.11. The van der Waals surface area contributed by atoms with Crippen LogP contribution in [0.5, 0.6) is 11.5 Å².